The van der Waals surface area contributed by atoms with Gasteiger partial charge in [0.1, 0.15) is 5.75 Å². The quantitative estimate of drug-likeness (QED) is 0.728. The first-order valence-corrected chi connectivity index (χ1v) is 6.14. The number of methoxy groups -OCH3 is 1. The van der Waals surface area contributed by atoms with Crippen LogP contribution >= 0.6 is 0 Å². The molecule has 1 aromatic carbocycles. The van der Waals surface area contributed by atoms with E-state index in [-0.39, 0.29) is 13.2 Å². The van der Waals surface area contributed by atoms with Crippen molar-refractivity contribution in [1.82, 2.24) is 4.31 Å². The van der Waals surface area contributed by atoms with E-state index >= 15 is 0 Å². The number of benzene rings is 1. The number of rotatable bonds is 6. The third-order valence-corrected chi connectivity index (χ3v) is 2.85. The van der Waals surface area contributed by atoms with Gasteiger partial charge in [-0.15, -0.1) is 0 Å². The van der Waals surface area contributed by atoms with Crippen molar-refractivity contribution in [2.75, 3.05) is 20.3 Å². The van der Waals surface area contributed by atoms with Crippen molar-refractivity contribution in [3.05, 3.63) is 36.0 Å². The van der Waals surface area contributed by atoms with E-state index in [4.69, 9.17) is 9.84 Å². The maximum absolute atomic E-state index is 10.8. The van der Waals surface area contributed by atoms with Crippen LogP contribution < -0.4 is 4.74 Å². The van der Waals surface area contributed by atoms with E-state index in [0.29, 0.717) is 0 Å². The van der Waals surface area contributed by atoms with Gasteiger partial charge in [0.15, 0.2) is 0 Å². The van der Waals surface area contributed by atoms with E-state index in [9.17, 15) is 8.42 Å². The standard InChI is InChI=1S/C11H15NO4S/c1-16-11-4-2-10(3-5-11)6-7-12(8-9-13)17(14)15/h2-7,13,17H,8-9H2,1H3. The lowest BCUT2D eigenvalue weighted by atomic mass is 10.2. The topological polar surface area (TPSA) is 66.8 Å². The molecule has 17 heavy (non-hydrogen) atoms. The van der Waals surface area contributed by atoms with E-state index in [1.165, 1.54) is 6.20 Å². The molecule has 1 N–H and O–H groups in total. The summed E-state index contributed by atoms with van der Waals surface area (Å²) in [5, 5.41) is 8.69. The largest absolute Gasteiger partial charge is 0.497 e. The Labute approximate surface area is 102 Å². The number of nitrogens with zero attached hydrogens (tertiary/aromatic N) is 1. The van der Waals surface area contributed by atoms with Crippen LogP contribution in [0.3, 0.4) is 0 Å². The second-order valence-electron chi connectivity index (χ2n) is 3.21. The molecular formula is C11H15NO4S. The molecule has 1 rings (SSSR count). The molecule has 0 aliphatic rings. The minimum Gasteiger partial charge on any atom is -0.497 e. The van der Waals surface area contributed by atoms with Crippen LogP contribution in [0.2, 0.25) is 0 Å². The zero-order valence-electron chi connectivity index (χ0n) is 9.44. The Hall–Kier alpha value is -1.53. The van der Waals surface area contributed by atoms with Crippen molar-refractivity contribution in [3.63, 3.8) is 0 Å². The lowest BCUT2D eigenvalue weighted by molar-refractivity contribution is 0.275. The van der Waals surface area contributed by atoms with Gasteiger partial charge in [-0.25, -0.2) is 8.42 Å². The second-order valence-corrected chi connectivity index (χ2v) is 4.20. The van der Waals surface area contributed by atoms with Crippen LogP contribution in [-0.2, 0) is 10.9 Å². The molecule has 1 aromatic rings. The van der Waals surface area contributed by atoms with Crippen LogP contribution in [0.1, 0.15) is 5.56 Å². The molecule has 94 valence electrons. The van der Waals surface area contributed by atoms with Gasteiger partial charge in [-0.05, 0) is 23.8 Å². The van der Waals surface area contributed by atoms with Gasteiger partial charge < -0.3 is 9.84 Å². The minimum absolute atomic E-state index is 0.0609. The van der Waals surface area contributed by atoms with Gasteiger partial charge in [-0.1, -0.05) is 12.1 Å². The SMILES string of the molecule is COc1ccc(C=CN(CCO)[SH](=O)=O)cc1. The molecule has 0 fully saturated rings. The Morgan fingerprint density at radius 3 is 2.47 bits per heavy atom. The highest BCUT2D eigenvalue weighted by Gasteiger charge is 1.98. The Morgan fingerprint density at radius 1 is 1.35 bits per heavy atom. The van der Waals surface area contributed by atoms with Crippen molar-refractivity contribution in [3.8, 4) is 5.75 Å². The maximum atomic E-state index is 10.8. The molecule has 0 aliphatic carbocycles. The van der Waals surface area contributed by atoms with E-state index in [0.717, 1.165) is 15.6 Å². The number of thiol groups is 1. The zero-order valence-corrected chi connectivity index (χ0v) is 10.3. The number of ether oxygens (including phenoxy) is 1. The van der Waals surface area contributed by atoms with Crippen LogP contribution in [0.25, 0.3) is 6.08 Å². The summed E-state index contributed by atoms with van der Waals surface area (Å²) in [4.78, 5) is 0. The lowest BCUT2D eigenvalue weighted by Crippen LogP contribution is -2.18. The van der Waals surface area contributed by atoms with Crippen LogP contribution in [0.4, 0.5) is 0 Å². The molecular weight excluding hydrogens is 242 g/mol. The van der Waals surface area contributed by atoms with Gasteiger partial charge in [-0.2, -0.15) is 0 Å². The van der Waals surface area contributed by atoms with Crippen molar-refractivity contribution >= 4 is 17.0 Å². The van der Waals surface area contributed by atoms with E-state index in [2.05, 4.69) is 0 Å². The van der Waals surface area contributed by atoms with Crippen LogP contribution in [0, 0.1) is 0 Å². The van der Waals surface area contributed by atoms with Crippen LogP contribution in [0.15, 0.2) is 30.5 Å². The molecule has 0 aromatic heterocycles. The summed E-state index contributed by atoms with van der Waals surface area (Å²) in [6, 6.07) is 7.19. The average molecular weight is 257 g/mol. The summed E-state index contributed by atoms with van der Waals surface area (Å²) in [5.41, 5.74) is 0.852. The van der Waals surface area contributed by atoms with E-state index < -0.39 is 10.9 Å². The molecule has 0 heterocycles. The third kappa shape index (κ3) is 4.46. The summed E-state index contributed by atoms with van der Waals surface area (Å²) < 4.78 is 27.6. The third-order valence-electron chi connectivity index (χ3n) is 2.09. The minimum atomic E-state index is -2.71. The van der Waals surface area contributed by atoms with Gasteiger partial charge >= 0.3 is 0 Å². The fourth-order valence-corrected chi connectivity index (χ4v) is 1.63. The monoisotopic (exact) mass is 257 g/mol. The summed E-state index contributed by atoms with van der Waals surface area (Å²) in [7, 11) is -1.13. The number of hydrogen-bond donors (Lipinski definition) is 2. The highest BCUT2D eigenvalue weighted by atomic mass is 32.2. The molecule has 6 heteroatoms. The summed E-state index contributed by atoms with van der Waals surface area (Å²) in [6.45, 7) is -0.151. The second kappa shape index (κ2) is 6.93. The highest BCUT2D eigenvalue weighted by Crippen LogP contribution is 2.12. The predicted octanol–water partition coefficient (Wildman–Crippen LogP) is 0.487. The van der Waals surface area contributed by atoms with Gasteiger partial charge in [0, 0.05) is 6.20 Å². The first kappa shape index (κ1) is 13.5. The van der Waals surface area contributed by atoms with Gasteiger partial charge in [0.25, 0.3) is 0 Å². The molecule has 0 spiro atoms. The van der Waals surface area contributed by atoms with Crippen molar-refractivity contribution in [2.24, 2.45) is 0 Å². The number of aliphatic hydroxyl groups excluding tert-OH is 1. The molecule has 0 amide bonds. The summed E-state index contributed by atoms with van der Waals surface area (Å²) in [6.07, 6.45) is 3.07. The van der Waals surface area contributed by atoms with Crippen LogP contribution in [0.5, 0.6) is 5.75 Å². The average Bonchev–Trinajstić information content (AvgIpc) is 2.34. The number of aliphatic hydroxyl groups is 1. The van der Waals surface area contributed by atoms with Crippen molar-refractivity contribution < 1.29 is 18.3 Å². The molecule has 0 atom stereocenters. The van der Waals surface area contributed by atoms with Crippen molar-refractivity contribution in [1.29, 1.82) is 0 Å². The molecule has 5 nitrogen and oxygen atoms in total. The van der Waals surface area contributed by atoms with Gasteiger partial charge in [0.05, 0.1) is 20.3 Å². The molecule has 0 bridgehead atoms. The van der Waals surface area contributed by atoms with E-state index in [1.54, 1.807) is 25.3 Å². The Bertz CT molecular complexity index is 431. The predicted molar refractivity (Wildman–Crippen MR) is 66.1 cm³/mol. The smallest absolute Gasteiger partial charge is 0.224 e. The Balaban J connectivity index is 2.73. The first-order chi connectivity index (χ1) is 8.17. The Kier molecular flexibility index (Phi) is 5.51. The highest BCUT2D eigenvalue weighted by molar-refractivity contribution is 7.70. The number of hydrogen-bond acceptors (Lipinski definition) is 4. The summed E-state index contributed by atoms with van der Waals surface area (Å²) in [5.74, 6) is 0.740. The van der Waals surface area contributed by atoms with Crippen LogP contribution in [-0.4, -0.2) is 38.1 Å². The zero-order chi connectivity index (χ0) is 12.7. The maximum Gasteiger partial charge on any atom is 0.224 e. The molecule has 0 saturated carbocycles. The molecule has 0 radical (unpaired) electrons. The normalized spacial score (nSPS) is 11.0. The molecule has 0 unspecified atom stereocenters. The molecule has 0 saturated heterocycles. The summed E-state index contributed by atoms with van der Waals surface area (Å²) >= 11 is 0. The lowest BCUT2D eigenvalue weighted by Gasteiger charge is -2.09. The van der Waals surface area contributed by atoms with E-state index in [1.807, 2.05) is 12.1 Å². The first-order valence-electron chi connectivity index (χ1n) is 5.01. The Morgan fingerprint density at radius 2 is 2.00 bits per heavy atom. The molecule has 0 aliphatic heterocycles. The van der Waals surface area contributed by atoms with Crippen molar-refractivity contribution in [2.45, 2.75) is 0 Å². The van der Waals surface area contributed by atoms with Gasteiger partial charge in [0.2, 0.25) is 10.9 Å². The van der Waals surface area contributed by atoms with Gasteiger partial charge in [-0.3, -0.25) is 4.31 Å². The fraction of sp³-hybridized carbons (Fsp3) is 0.273. The fourth-order valence-electron chi connectivity index (χ4n) is 1.20.